The molecule has 0 aliphatic heterocycles. The maximum absolute atomic E-state index is 14.3. The zero-order chi connectivity index (χ0) is 22.8. The number of anilines is 1. The lowest BCUT2D eigenvalue weighted by Crippen LogP contribution is -2.18. The van der Waals surface area contributed by atoms with Crippen LogP contribution in [-0.4, -0.2) is 31.7 Å². The van der Waals surface area contributed by atoms with Crippen LogP contribution in [0.15, 0.2) is 53.7 Å². The molecule has 3 aromatic rings. The molecule has 0 saturated heterocycles. The van der Waals surface area contributed by atoms with E-state index < -0.39 is 5.25 Å². The highest BCUT2D eigenvalue weighted by molar-refractivity contribution is 8.00. The van der Waals surface area contributed by atoms with Crippen LogP contribution in [-0.2, 0) is 4.79 Å². The summed E-state index contributed by atoms with van der Waals surface area (Å²) in [6, 6.07) is 13.6. The number of aromatic nitrogens is 3. The zero-order valence-corrected chi connectivity index (χ0v) is 19.0. The maximum Gasteiger partial charge on any atom is 0.226 e. The summed E-state index contributed by atoms with van der Waals surface area (Å²) in [5.41, 5.74) is 1.62. The van der Waals surface area contributed by atoms with Crippen LogP contribution in [0.25, 0.3) is 11.4 Å². The molecule has 1 fully saturated rings. The molecular weight excluding hydrogens is 427 g/mol. The standard InChI is InChI=1S/C24H25FN4O2S/c1-14(2)23(31)26-17-10-8-16(9-11-17)21(30)15(3)32-24-28-27-22(29(24)18-12-13-18)19-6-4-5-7-20(19)25/h4-11,14-15,18H,12-13H2,1-3H3,(H,26,31). The fourth-order valence-corrected chi connectivity index (χ4v) is 4.29. The molecule has 4 rings (SSSR count). The Morgan fingerprint density at radius 3 is 2.38 bits per heavy atom. The topological polar surface area (TPSA) is 76.9 Å². The molecule has 1 heterocycles. The van der Waals surface area contributed by atoms with E-state index in [9.17, 15) is 14.0 Å². The molecular formula is C24H25FN4O2S. The van der Waals surface area contributed by atoms with Crippen molar-refractivity contribution < 1.29 is 14.0 Å². The average Bonchev–Trinajstić information content (AvgIpc) is 3.54. The third kappa shape index (κ3) is 4.75. The van der Waals surface area contributed by atoms with Crippen LogP contribution in [0.1, 0.15) is 50.0 Å². The van der Waals surface area contributed by atoms with Crippen LogP contribution in [0.4, 0.5) is 10.1 Å². The van der Waals surface area contributed by atoms with Gasteiger partial charge in [0.1, 0.15) is 5.82 Å². The summed E-state index contributed by atoms with van der Waals surface area (Å²) in [6.45, 7) is 5.48. The first kappa shape index (κ1) is 22.2. The number of halogens is 1. The Labute approximate surface area is 190 Å². The second-order valence-electron chi connectivity index (χ2n) is 8.23. The van der Waals surface area contributed by atoms with Gasteiger partial charge in [-0.1, -0.05) is 37.7 Å². The number of carbonyl (C=O) groups excluding carboxylic acids is 2. The SMILES string of the molecule is CC(C)C(=O)Nc1ccc(C(=O)C(C)Sc2nnc(-c3ccccc3F)n2C2CC2)cc1. The maximum atomic E-state index is 14.3. The number of rotatable bonds is 8. The van der Waals surface area contributed by atoms with Gasteiger partial charge in [0.15, 0.2) is 16.8 Å². The average molecular weight is 453 g/mol. The summed E-state index contributed by atoms with van der Waals surface area (Å²) in [5.74, 6) is -0.0801. The third-order valence-corrected chi connectivity index (χ3v) is 6.36. The molecule has 32 heavy (non-hydrogen) atoms. The highest BCUT2D eigenvalue weighted by Crippen LogP contribution is 2.42. The Morgan fingerprint density at radius 1 is 1.06 bits per heavy atom. The highest BCUT2D eigenvalue weighted by Gasteiger charge is 2.32. The second kappa shape index (κ2) is 9.24. The summed E-state index contributed by atoms with van der Waals surface area (Å²) < 4.78 is 16.3. The monoisotopic (exact) mass is 452 g/mol. The van der Waals surface area contributed by atoms with E-state index in [4.69, 9.17) is 0 Å². The van der Waals surface area contributed by atoms with Crippen LogP contribution in [0.3, 0.4) is 0 Å². The lowest BCUT2D eigenvalue weighted by atomic mass is 10.1. The smallest absolute Gasteiger partial charge is 0.226 e. The molecule has 1 aliphatic rings. The van der Waals surface area contributed by atoms with Crippen LogP contribution in [0.5, 0.6) is 0 Å². The molecule has 1 aromatic heterocycles. The molecule has 6 nitrogen and oxygen atoms in total. The van der Waals surface area contributed by atoms with Gasteiger partial charge in [0, 0.05) is 23.2 Å². The molecule has 0 radical (unpaired) electrons. The number of hydrogen-bond donors (Lipinski definition) is 1. The molecule has 1 aliphatic carbocycles. The van der Waals surface area contributed by atoms with Gasteiger partial charge in [-0.2, -0.15) is 0 Å². The van der Waals surface area contributed by atoms with Crippen molar-refractivity contribution in [2.24, 2.45) is 5.92 Å². The molecule has 1 N–H and O–H groups in total. The van der Waals surface area contributed by atoms with Gasteiger partial charge in [-0.15, -0.1) is 10.2 Å². The predicted molar refractivity (Wildman–Crippen MR) is 123 cm³/mol. The Hall–Kier alpha value is -3.00. The minimum atomic E-state index is -0.402. The van der Waals surface area contributed by atoms with E-state index in [1.54, 1.807) is 42.5 Å². The van der Waals surface area contributed by atoms with Gasteiger partial charge in [-0.25, -0.2) is 4.39 Å². The first-order valence-electron chi connectivity index (χ1n) is 10.7. The van der Waals surface area contributed by atoms with Crippen molar-refractivity contribution in [1.29, 1.82) is 0 Å². The van der Waals surface area contributed by atoms with Gasteiger partial charge in [-0.05, 0) is 56.2 Å². The van der Waals surface area contributed by atoms with Crippen LogP contribution in [0.2, 0.25) is 0 Å². The number of thioether (sulfide) groups is 1. The third-order valence-electron chi connectivity index (χ3n) is 5.30. The Kier molecular flexibility index (Phi) is 6.41. The van der Waals surface area contributed by atoms with E-state index in [2.05, 4.69) is 15.5 Å². The number of nitrogens with zero attached hydrogens (tertiary/aromatic N) is 3. The van der Waals surface area contributed by atoms with Crippen molar-refractivity contribution in [3.05, 3.63) is 59.9 Å². The van der Waals surface area contributed by atoms with Crippen molar-refractivity contribution in [1.82, 2.24) is 14.8 Å². The summed E-state index contributed by atoms with van der Waals surface area (Å²) in [5, 5.41) is 11.6. The van der Waals surface area contributed by atoms with Crippen LogP contribution >= 0.6 is 11.8 Å². The van der Waals surface area contributed by atoms with Crippen molar-refractivity contribution in [2.75, 3.05) is 5.32 Å². The number of ketones is 1. The van der Waals surface area contributed by atoms with Crippen LogP contribution in [0, 0.1) is 11.7 Å². The fraction of sp³-hybridized carbons (Fsp3) is 0.333. The number of Topliss-reactive ketones (excluding diaryl/α,β-unsaturated/α-hetero) is 1. The van der Waals surface area contributed by atoms with E-state index in [1.165, 1.54) is 17.8 Å². The van der Waals surface area contributed by atoms with E-state index in [0.717, 1.165) is 12.8 Å². The van der Waals surface area contributed by atoms with Gasteiger partial charge < -0.3 is 5.32 Å². The quantitative estimate of drug-likeness (QED) is 0.367. The van der Waals surface area contributed by atoms with Crippen molar-refractivity contribution in [3.8, 4) is 11.4 Å². The van der Waals surface area contributed by atoms with Gasteiger partial charge in [0.25, 0.3) is 0 Å². The number of nitrogens with one attached hydrogen (secondary N) is 1. The van der Waals surface area contributed by atoms with E-state index in [-0.39, 0.29) is 29.5 Å². The lowest BCUT2D eigenvalue weighted by molar-refractivity contribution is -0.118. The highest BCUT2D eigenvalue weighted by atomic mass is 32.2. The molecule has 8 heteroatoms. The van der Waals surface area contributed by atoms with Crippen LogP contribution < -0.4 is 5.32 Å². The molecule has 1 saturated carbocycles. The Balaban J connectivity index is 1.51. The Morgan fingerprint density at radius 2 is 1.75 bits per heavy atom. The van der Waals surface area contributed by atoms with Gasteiger partial charge in [0.2, 0.25) is 5.91 Å². The molecule has 1 atom stereocenters. The van der Waals surface area contributed by atoms with E-state index in [0.29, 0.717) is 27.8 Å². The van der Waals surface area contributed by atoms with E-state index in [1.807, 2.05) is 25.3 Å². The van der Waals surface area contributed by atoms with Crippen molar-refractivity contribution in [2.45, 2.75) is 50.1 Å². The first-order chi connectivity index (χ1) is 15.3. The number of carbonyl (C=O) groups is 2. The summed E-state index contributed by atoms with van der Waals surface area (Å²) in [6.07, 6.45) is 1.97. The summed E-state index contributed by atoms with van der Waals surface area (Å²) in [4.78, 5) is 24.8. The fourth-order valence-electron chi connectivity index (χ4n) is 3.30. The number of amides is 1. The lowest BCUT2D eigenvalue weighted by Gasteiger charge is -2.13. The molecule has 1 unspecified atom stereocenters. The minimum Gasteiger partial charge on any atom is -0.326 e. The first-order valence-corrected chi connectivity index (χ1v) is 11.5. The normalized spacial score (nSPS) is 14.4. The molecule has 166 valence electrons. The van der Waals surface area contributed by atoms with Gasteiger partial charge in [-0.3, -0.25) is 14.2 Å². The second-order valence-corrected chi connectivity index (χ2v) is 9.54. The predicted octanol–water partition coefficient (Wildman–Crippen LogP) is 5.38. The Bertz CT molecular complexity index is 1140. The molecule has 0 spiro atoms. The van der Waals surface area contributed by atoms with E-state index >= 15 is 0 Å². The minimum absolute atomic E-state index is 0.0467. The number of hydrogen-bond acceptors (Lipinski definition) is 5. The molecule has 0 bridgehead atoms. The molecule has 1 amide bonds. The summed E-state index contributed by atoms with van der Waals surface area (Å²) >= 11 is 1.33. The van der Waals surface area contributed by atoms with Gasteiger partial charge in [0.05, 0.1) is 10.8 Å². The van der Waals surface area contributed by atoms with Crippen molar-refractivity contribution >= 4 is 29.1 Å². The zero-order valence-electron chi connectivity index (χ0n) is 18.2. The molecule has 2 aromatic carbocycles. The van der Waals surface area contributed by atoms with Crippen molar-refractivity contribution in [3.63, 3.8) is 0 Å². The largest absolute Gasteiger partial charge is 0.326 e. The van der Waals surface area contributed by atoms with Gasteiger partial charge >= 0.3 is 0 Å². The number of benzene rings is 2. The summed E-state index contributed by atoms with van der Waals surface area (Å²) in [7, 11) is 0.